The number of rotatable bonds is 4. The van der Waals surface area contributed by atoms with Gasteiger partial charge in [-0.1, -0.05) is 80.6 Å². The second-order valence-corrected chi connectivity index (χ2v) is 8.76. The van der Waals surface area contributed by atoms with Crippen LogP contribution in [0.15, 0.2) is 99.3 Å². The molecule has 0 saturated heterocycles. The fourth-order valence-electron chi connectivity index (χ4n) is 4.35. The number of allylic oxidation sites excluding steroid dienone is 1. The first kappa shape index (κ1) is 21.0. The molecule has 4 heteroatoms. The zero-order valence-corrected chi connectivity index (χ0v) is 19.0. The Balaban J connectivity index is 1.54. The Morgan fingerprint density at radius 3 is 2.45 bits per heavy atom. The van der Waals surface area contributed by atoms with Crippen molar-refractivity contribution in [3.63, 3.8) is 0 Å². The Labute approximate surface area is 193 Å². The minimum Gasteiger partial charge on any atom is -0.422 e. The first-order valence-electron chi connectivity index (χ1n) is 11.2. The highest BCUT2D eigenvalue weighted by Crippen LogP contribution is 2.30. The molecular weight excluding hydrogens is 408 g/mol. The molecule has 1 aromatic heterocycles. The van der Waals surface area contributed by atoms with Crippen LogP contribution in [0.4, 0.5) is 5.69 Å². The lowest BCUT2D eigenvalue weighted by Crippen LogP contribution is -2.26. The maximum Gasteiger partial charge on any atom is 0.344 e. The third-order valence-electron chi connectivity index (χ3n) is 6.19. The first-order valence-corrected chi connectivity index (χ1v) is 11.2. The van der Waals surface area contributed by atoms with Crippen molar-refractivity contribution in [1.82, 2.24) is 0 Å². The molecule has 0 amide bonds. The van der Waals surface area contributed by atoms with E-state index in [0.29, 0.717) is 17.1 Å². The van der Waals surface area contributed by atoms with Gasteiger partial charge in [0.2, 0.25) is 0 Å². The Morgan fingerprint density at radius 2 is 1.67 bits per heavy atom. The standard InChI is InChI=1S/C29H26N2O2/c1-19(2)24-16-14-21-11-7-8-12-25(21)28(24)30-31(3)23-15-13-22-17-26(20-9-5-4-6-10-20)29(32)33-27(22)18-23/h4-19,24H,1-3H3/b30-28+. The van der Waals surface area contributed by atoms with Gasteiger partial charge in [0.1, 0.15) is 5.58 Å². The molecule has 164 valence electrons. The number of benzene rings is 3. The maximum atomic E-state index is 12.7. The minimum absolute atomic E-state index is 0.231. The van der Waals surface area contributed by atoms with E-state index in [4.69, 9.17) is 9.52 Å². The van der Waals surface area contributed by atoms with E-state index >= 15 is 0 Å². The normalized spacial score (nSPS) is 16.4. The predicted molar refractivity (Wildman–Crippen MR) is 137 cm³/mol. The average molecular weight is 435 g/mol. The summed E-state index contributed by atoms with van der Waals surface area (Å²) in [5.41, 5.74) is 5.87. The van der Waals surface area contributed by atoms with Crippen molar-refractivity contribution in [1.29, 1.82) is 0 Å². The van der Waals surface area contributed by atoms with Crippen molar-refractivity contribution in [3.8, 4) is 11.1 Å². The average Bonchev–Trinajstić information content (AvgIpc) is 2.83. The van der Waals surface area contributed by atoms with E-state index in [2.05, 4.69) is 50.3 Å². The van der Waals surface area contributed by atoms with Crippen molar-refractivity contribution >= 4 is 28.4 Å². The molecule has 0 spiro atoms. The van der Waals surface area contributed by atoms with Crippen LogP contribution in [-0.2, 0) is 0 Å². The van der Waals surface area contributed by atoms with E-state index in [1.165, 1.54) is 5.56 Å². The van der Waals surface area contributed by atoms with Crippen LogP contribution in [0.5, 0.6) is 0 Å². The molecule has 4 aromatic rings. The van der Waals surface area contributed by atoms with Crippen LogP contribution >= 0.6 is 0 Å². The summed E-state index contributed by atoms with van der Waals surface area (Å²) in [5, 5.41) is 7.77. The lowest BCUT2D eigenvalue weighted by Gasteiger charge is -2.27. The quantitative estimate of drug-likeness (QED) is 0.268. The molecular formula is C29H26N2O2. The topological polar surface area (TPSA) is 45.8 Å². The van der Waals surface area contributed by atoms with Crippen molar-refractivity contribution in [3.05, 3.63) is 106 Å². The second-order valence-electron chi connectivity index (χ2n) is 8.76. The smallest absolute Gasteiger partial charge is 0.344 e. The lowest BCUT2D eigenvalue weighted by molar-refractivity contribution is 0.563. The summed E-state index contributed by atoms with van der Waals surface area (Å²) in [4.78, 5) is 12.7. The highest BCUT2D eigenvalue weighted by molar-refractivity contribution is 6.08. The van der Waals surface area contributed by atoms with Gasteiger partial charge in [0.25, 0.3) is 0 Å². The van der Waals surface area contributed by atoms with Gasteiger partial charge in [-0.25, -0.2) is 4.79 Å². The van der Waals surface area contributed by atoms with Gasteiger partial charge in [-0.15, -0.1) is 0 Å². The molecule has 0 fully saturated rings. The van der Waals surface area contributed by atoms with Gasteiger partial charge in [-0.3, -0.25) is 5.01 Å². The maximum absolute atomic E-state index is 12.7. The van der Waals surface area contributed by atoms with E-state index in [0.717, 1.165) is 27.9 Å². The summed E-state index contributed by atoms with van der Waals surface area (Å²) in [6.45, 7) is 4.43. The zero-order valence-electron chi connectivity index (χ0n) is 19.0. The van der Waals surface area contributed by atoms with Gasteiger partial charge in [0, 0.05) is 30.0 Å². The van der Waals surface area contributed by atoms with E-state index in [1.54, 1.807) is 0 Å². The Morgan fingerprint density at radius 1 is 0.909 bits per heavy atom. The van der Waals surface area contributed by atoms with Crippen LogP contribution in [0.2, 0.25) is 0 Å². The summed E-state index contributed by atoms with van der Waals surface area (Å²) in [5.74, 6) is 0.655. The van der Waals surface area contributed by atoms with Gasteiger partial charge < -0.3 is 4.42 Å². The molecule has 33 heavy (non-hydrogen) atoms. The molecule has 0 aliphatic heterocycles. The van der Waals surface area contributed by atoms with Crippen LogP contribution in [0.3, 0.4) is 0 Å². The summed E-state index contributed by atoms with van der Waals surface area (Å²) < 4.78 is 5.70. The van der Waals surface area contributed by atoms with Crippen LogP contribution in [0, 0.1) is 11.8 Å². The second kappa shape index (κ2) is 8.55. The SMILES string of the molecule is CC(C)C1C=Cc2ccccc2/C1=N/N(C)c1ccc2cc(-c3ccccc3)c(=O)oc2c1. The van der Waals surface area contributed by atoms with Crippen molar-refractivity contribution < 1.29 is 4.42 Å². The van der Waals surface area contributed by atoms with Crippen molar-refractivity contribution in [2.45, 2.75) is 13.8 Å². The summed E-state index contributed by atoms with van der Waals surface area (Å²) in [7, 11) is 1.93. The zero-order chi connectivity index (χ0) is 22.9. The fraction of sp³-hybridized carbons (Fsp3) is 0.172. The number of anilines is 1. The monoisotopic (exact) mass is 434 g/mol. The van der Waals surface area contributed by atoms with Gasteiger partial charge in [-0.05, 0) is 35.2 Å². The molecule has 5 rings (SSSR count). The van der Waals surface area contributed by atoms with Crippen LogP contribution < -0.4 is 10.6 Å². The van der Waals surface area contributed by atoms with Gasteiger partial charge in [-0.2, -0.15) is 5.10 Å². The molecule has 0 N–H and O–H groups in total. The molecule has 1 atom stereocenters. The van der Waals surface area contributed by atoms with E-state index in [-0.39, 0.29) is 11.5 Å². The van der Waals surface area contributed by atoms with Crippen LogP contribution in [-0.4, -0.2) is 12.8 Å². The minimum atomic E-state index is -0.342. The molecule has 3 aromatic carbocycles. The molecule has 1 unspecified atom stereocenters. The Bertz CT molecular complexity index is 1430. The summed E-state index contributed by atoms with van der Waals surface area (Å²) in [6.07, 6.45) is 4.43. The highest BCUT2D eigenvalue weighted by atomic mass is 16.4. The van der Waals surface area contributed by atoms with E-state index in [1.807, 2.05) is 66.7 Å². The summed E-state index contributed by atoms with van der Waals surface area (Å²) >= 11 is 0. The number of nitrogens with zero attached hydrogens (tertiary/aromatic N) is 2. The Kier molecular flexibility index (Phi) is 5.43. The largest absolute Gasteiger partial charge is 0.422 e. The molecule has 1 aliphatic rings. The molecule has 1 heterocycles. The van der Waals surface area contributed by atoms with Gasteiger partial charge >= 0.3 is 5.63 Å². The van der Waals surface area contributed by atoms with Crippen molar-refractivity contribution in [2.24, 2.45) is 16.9 Å². The summed E-state index contributed by atoms with van der Waals surface area (Å²) in [6, 6.07) is 25.7. The van der Waals surface area contributed by atoms with E-state index in [9.17, 15) is 4.79 Å². The van der Waals surface area contributed by atoms with Crippen molar-refractivity contribution in [2.75, 3.05) is 12.1 Å². The van der Waals surface area contributed by atoms with Gasteiger partial charge in [0.15, 0.2) is 0 Å². The molecule has 4 nitrogen and oxygen atoms in total. The third kappa shape index (κ3) is 4.00. The number of hydrogen-bond donors (Lipinski definition) is 0. The predicted octanol–water partition coefficient (Wildman–Crippen LogP) is 6.60. The lowest BCUT2D eigenvalue weighted by atomic mass is 9.81. The number of fused-ring (bicyclic) bond motifs is 2. The number of hydrazone groups is 1. The van der Waals surface area contributed by atoms with E-state index < -0.39 is 0 Å². The number of hydrogen-bond acceptors (Lipinski definition) is 4. The fourth-order valence-corrected chi connectivity index (χ4v) is 4.35. The molecule has 0 radical (unpaired) electrons. The Hall–Kier alpha value is -3.92. The van der Waals surface area contributed by atoms with Crippen LogP contribution in [0.25, 0.3) is 28.2 Å². The van der Waals surface area contributed by atoms with Gasteiger partial charge in [0.05, 0.1) is 17.0 Å². The third-order valence-corrected chi connectivity index (χ3v) is 6.19. The molecule has 1 aliphatic carbocycles. The highest BCUT2D eigenvalue weighted by Gasteiger charge is 2.25. The first-order chi connectivity index (χ1) is 16.0. The van der Waals surface area contributed by atoms with Crippen LogP contribution in [0.1, 0.15) is 25.0 Å². The molecule has 0 saturated carbocycles. The molecule has 0 bridgehead atoms.